The molecule has 4 rings (SSSR count). The zero-order valence-electron chi connectivity index (χ0n) is 20.6. The van der Waals surface area contributed by atoms with Crippen molar-refractivity contribution >= 4 is 29.4 Å². The highest BCUT2D eigenvalue weighted by atomic mass is 19.1. The molecule has 3 aromatic rings. The Hall–Kier alpha value is -4.40. The topological polar surface area (TPSA) is 101 Å². The molecule has 1 aliphatic carbocycles. The summed E-state index contributed by atoms with van der Waals surface area (Å²) in [5.41, 5.74) is 8.68. The number of nitrogen functional groups attached to an aromatic ring is 1. The highest BCUT2D eigenvalue weighted by molar-refractivity contribution is 6.05. The predicted molar refractivity (Wildman–Crippen MR) is 140 cm³/mol. The molecule has 1 heterocycles. The first-order valence-corrected chi connectivity index (χ1v) is 11.8. The van der Waals surface area contributed by atoms with Crippen LogP contribution in [0.5, 0.6) is 0 Å². The average Bonchev–Trinajstić information content (AvgIpc) is 3.72. The van der Waals surface area contributed by atoms with Crippen LogP contribution >= 0.6 is 0 Å². The summed E-state index contributed by atoms with van der Waals surface area (Å²) >= 11 is 0. The van der Waals surface area contributed by atoms with Gasteiger partial charge in [0, 0.05) is 30.4 Å². The van der Waals surface area contributed by atoms with Crippen molar-refractivity contribution in [1.29, 1.82) is 0 Å². The molecule has 0 aliphatic heterocycles. The molecule has 9 heteroatoms. The van der Waals surface area contributed by atoms with Crippen molar-refractivity contribution in [2.45, 2.75) is 25.7 Å². The number of nitrogens with two attached hydrogens (primary N) is 1. The highest BCUT2D eigenvalue weighted by Gasteiger charge is 2.25. The van der Waals surface area contributed by atoms with Gasteiger partial charge in [-0.05, 0) is 67.2 Å². The summed E-state index contributed by atoms with van der Waals surface area (Å²) in [6.07, 6.45) is 7.85. The van der Waals surface area contributed by atoms with E-state index in [1.807, 2.05) is 0 Å². The lowest BCUT2D eigenvalue weighted by atomic mass is 9.99. The number of halogens is 2. The van der Waals surface area contributed by atoms with Gasteiger partial charge in [0.05, 0.1) is 11.3 Å². The van der Waals surface area contributed by atoms with Gasteiger partial charge in [0.1, 0.15) is 23.8 Å². The highest BCUT2D eigenvalue weighted by Crippen LogP contribution is 2.40. The maximum absolute atomic E-state index is 14.7. The molecular formula is C28H27F2N5O2. The first kappa shape index (κ1) is 25.7. The molecule has 0 unspecified atom stereocenters. The third-order valence-corrected chi connectivity index (χ3v) is 6.29. The number of likely N-dealkylation sites (N-methyl/N-ethyl adjacent to an activating group) is 1. The zero-order valence-corrected chi connectivity index (χ0v) is 20.6. The van der Waals surface area contributed by atoms with Gasteiger partial charge in [0.2, 0.25) is 5.91 Å². The smallest absolute Gasteiger partial charge is 0.258 e. The van der Waals surface area contributed by atoms with Crippen molar-refractivity contribution in [3.05, 3.63) is 89.3 Å². The van der Waals surface area contributed by atoms with E-state index in [9.17, 15) is 18.4 Å². The second-order valence-electron chi connectivity index (χ2n) is 8.94. The van der Waals surface area contributed by atoms with Gasteiger partial charge < -0.3 is 16.0 Å². The number of carbonyl (C=O) groups is 2. The first-order chi connectivity index (χ1) is 17.7. The summed E-state index contributed by atoms with van der Waals surface area (Å²) < 4.78 is 29.4. The number of amides is 2. The molecule has 0 atom stereocenters. The lowest BCUT2D eigenvalue weighted by Crippen LogP contribution is -2.24. The second kappa shape index (κ2) is 10.7. The lowest BCUT2D eigenvalue weighted by molar-refractivity contribution is -0.124. The largest absolute Gasteiger partial charge is 0.383 e. The van der Waals surface area contributed by atoms with Gasteiger partial charge in [0.15, 0.2) is 0 Å². The molecule has 0 radical (unpaired) electrons. The third kappa shape index (κ3) is 5.72. The van der Waals surface area contributed by atoms with Crippen LogP contribution in [0.1, 0.15) is 45.8 Å². The number of hydrogen-bond donors (Lipinski definition) is 2. The summed E-state index contributed by atoms with van der Waals surface area (Å²) in [4.78, 5) is 34.4. The monoisotopic (exact) mass is 503 g/mol. The minimum atomic E-state index is -0.684. The maximum atomic E-state index is 14.7. The van der Waals surface area contributed by atoms with E-state index in [2.05, 4.69) is 21.9 Å². The van der Waals surface area contributed by atoms with E-state index in [0.717, 1.165) is 18.4 Å². The number of nitrogens with one attached hydrogen (secondary N) is 1. The number of benzene rings is 2. The molecule has 0 spiro atoms. The molecule has 1 aromatic heterocycles. The van der Waals surface area contributed by atoms with E-state index in [1.54, 1.807) is 32.2 Å². The molecule has 37 heavy (non-hydrogen) atoms. The number of hydrogen-bond acceptors (Lipinski definition) is 5. The van der Waals surface area contributed by atoms with Crippen molar-refractivity contribution in [2.24, 2.45) is 0 Å². The molecule has 1 saturated carbocycles. The van der Waals surface area contributed by atoms with Gasteiger partial charge >= 0.3 is 0 Å². The fourth-order valence-corrected chi connectivity index (χ4v) is 3.99. The van der Waals surface area contributed by atoms with Crippen LogP contribution in [0.4, 0.5) is 20.3 Å². The second-order valence-corrected chi connectivity index (χ2v) is 8.94. The molecule has 1 fully saturated rings. The number of nitrogens with zero attached hydrogens (tertiary/aromatic N) is 3. The predicted octanol–water partition coefficient (Wildman–Crippen LogP) is 5.10. The van der Waals surface area contributed by atoms with Gasteiger partial charge in [-0.2, -0.15) is 0 Å². The standard InChI is InChI=1S/C28H27F2N5O2/c1-4-25(36)35(3)11-5-6-21-26(32-15-33-27(21)31)22-13-19(29)14-24(16(22)2)34-28(37)20-10-9-18(12-23(20)30)17-7-8-17/h4-6,9-10,12-15,17H,1,7-8,11H2,2-3H3,(H,34,37)(H2,31,32,33)/b6-5+. The van der Waals surface area contributed by atoms with Crippen molar-refractivity contribution in [3.8, 4) is 11.3 Å². The summed E-state index contributed by atoms with van der Waals surface area (Å²) in [7, 11) is 1.62. The Morgan fingerprint density at radius 1 is 1.22 bits per heavy atom. The fourth-order valence-electron chi connectivity index (χ4n) is 3.99. The summed E-state index contributed by atoms with van der Waals surface area (Å²) in [6.45, 7) is 5.42. The fraction of sp³-hybridized carbons (Fsp3) is 0.214. The minimum Gasteiger partial charge on any atom is -0.383 e. The number of anilines is 2. The molecule has 3 N–H and O–H groups in total. The van der Waals surface area contributed by atoms with Crippen LogP contribution in [0.2, 0.25) is 0 Å². The van der Waals surface area contributed by atoms with Gasteiger partial charge in [-0.1, -0.05) is 24.8 Å². The number of rotatable bonds is 8. The summed E-state index contributed by atoms with van der Waals surface area (Å²) in [5, 5.41) is 2.63. The molecule has 7 nitrogen and oxygen atoms in total. The Labute approximate surface area is 213 Å². The van der Waals surface area contributed by atoms with Crippen molar-refractivity contribution in [1.82, 2.24) is 14.9 Å². The molecule has 2 amide bonds. The van der Waals surface area contributed by atoms with Gasteiger partial charge in [-0.25, -0.2) is 18.7 Å². The summed E-state index contributed by atoms with van der Waals surface area (Å²) in [6, 6.07) is 7.04. The lowest BCUT2D eigenvalue weighted by Gasteiger charge is -2.16. The molecule has 190 valence electrons. The Bertz CT molecular complexity index is 1420. The SMILES string of the molecule is C=CC(=O)N(C)C/C=C/c1c(N)ncnc1-c1cc(F)cc(NC(=O)c2ccc(C3CC3)cc2F)c1C. The zero-order chi connectivity index (χ0) is 26.7. The van der Waals surface area contributed by atoms with Crippen LogP contribution in [-0.2, 0) is 4.79 Å². The van der Waals surface area contributed by atoms with Gasteiger partial charge in [-0.15, -0.1) is 0 Å². The van der Waals surface area contributed by atoms with Crippen molar-refractivity contribution in [2.75, 3.05) is 24.6 Å². The summed E-state index contributed by atoms with van der Waals surface area (Å²) in [5.74, 6) is -1.66. The van der Waals surface area contributed by atoms with Crippen LogP contribution in [0, 0.1) is 18.6 Å². The molecule has 2 aromatic carbocycles. The minimum absolute atomic E-state index is 0.122. The van der Waals surface area contributed by atoms with E-state index < -0.39 is 17.5 Å². The van der Waals surface area contributed by atoms with Crippen LogP contribution in [-0.4, -0.2) is 40.3 Å². The molecule has 1 aliphatic rings. The third-order valence-electron chi connectivity index (χ3n) is 6.29. The Morgan fingerprint density at radius 2 is 1.97 bits per heavy atom. The molecule has 0 saturated heterocycles. The van der Waals surface area contributed by atoms with Crippen molar-refractivity contribution < 1.29 is 18.4 Å². The maximum Gasteiger partial charge on any atom is 0.258 e. The van der Waals surface area contributed by atoms with Crippen LogP contribution < -0.4 is 11.1 Å². The Morgan fingerprint density at radius 3 is 2.65 bits per heavy atom. The van der Waals surface area contributed by atoms with E-state index in [1.165, 1.54) is 41.6 Å². The normalized spacial score (nSPS) is 13.0. The number of carbonyl (C=O) groups excluding carboxylic acids is 2. The van der Waals surface area contributed by atoms with E-state index in [4.69, 9.17) is 5.73 Å². The molecule has 0 bridgehead atoms. The molecular weight excluding hydrogens is 476 g/mol. The van der Waals surface area contributed by atoms with E-state index in [0.29, 0.717) is 28.3 Å². The number of aromatic nitrogens is 2. The average molecular weight is 504 g/mol. The van der Waals surface area contributed by atoms with Gasteiger partial charge in [0.25, 0.3) is 5.91 Å². The Balaban J connectivity index is 1.65. The van der Waals surface area contributed by atoms with Gasteiger partial charge in [-0.3, -0.25) is 9.59 Å². The van der Waals surface area contributed by atoms with Crippen LogP contribution in [0.25, 0.3) is 17.3 Å². The van der Waals surface area contributed by atoms with Crippen LogP contribution in [0.15, 0.2) is 55.4 Å². The first-order valence-electron chi connectivity index (χ1n) is 11.8. The van der Waals surface area contributed by atoms with Crippen LogP contribution in [0.3, 0.4) is 0 Å². The quantitative estimate of drug-likeness (QED) is 0.417. The Kier molecular flexibility index (Phi) is 7.42. The van der Waals surface area contributed by atoms with Crippen molar-refractivity contribution in [3.63, 3.8) is 0 Å². The van der Waals surface area contributed by atoms with E-state index >= 15 is 0 Å². The van der Waals surface area contributed by atoms with E-state index in [-0.39, 0.29) is 29.5 Å².